The van der Waals surface area contributed by atoms with Crippen molar-refractivity contribution in [2.75, 3.05) is 13.7 Å². The Bertz CT molecular complexity index is 482. The first kappa shape index (κ1) is 15.8. The van der Waals surface area contributed by atoms with Crippen LogP contribution in [0.3, 0.4) is 0 Å². The predicted octanol–water partition coefficient (Wildman–Crippen LogP) is 4.79. The molecule has 1 aromatic carbocycles. The van der Waals surface area contributed by atoms with Gasteiger partial charge in [0.2, 0.25) is 0 Å². The molecule has 1 unspecified atom stereocenters. The monoisotopic (exact) mass is 339 g/mol. The van der Waals surface area contributed by atoms with Crippen LogP contribution in [-0.4, -0.2) is 13.7 Å². The van der Waals surface area contributed by atoms with Gasteiger partial charge in [-0.2, -0.15) is 0 Å². The van der Waals surface area contributed by atoms with Gasteiger partial charge in [-0.25, -0.2) is 0 Å². The fourth-order valence-electron chi connectivity index (χ4n) is 3.66. The highest BCUT2D eigenvalue weighted by atomic mass is 79.9. The number of methoxy groups -OCH3 is 1. The van der Waals surface area contributed by atoms with Crippen LogP contribution in [0.2, 0.25) is 0 Å². The van der Waals surface area contributed by atoms with Gasteiger partial charge >= 0.3 is 0 Å². The van der Waals surface area contributed by atoms with Gasteiger partial charge in [0.05, 0.1) is 7.11 Å². The SMILES string of the molecule is CCNC(c1cc(Br)ccc1OC)C1C(C)(C)C1(C)C. The number of nitrogens with one attached hydrogen (secondary N) is 1. The van der Waals surface area contributed by atoms with Crippen molar-refractivity contribution < 1.29 is 4.74 Å². The standard InChI is InChI=1S/C17H26BrNO/c1-7-19-14(15-16(2,3)17(15,4)5)12-10-11(18)8-9-13(12)20-6/h8-10,14-15,19H,7H2,1-6H3. The van der Waals surface area contributed by atoms with Crippen molar-refractivity contribution in [1.82, 2.24) is 5.32 Å². The van der Waals surface area contributed by atoms with Gasteiger partial charge in [0.15, 0.2) is 0 Å². The average Bonchev–Trinajstić information content (AvgIpc) is 2.77. The molecule has 112 valence electrons. The first-order valence-corrected chi connectivity index (χ1v) is 8.13. The Labute approximate surface area is 131 Å². The molecule has 20 heavy (non-hydrogen) atoms. The van der Waals surface area contributed by atoms with Crippen LogP contribution in [0.4, 0.5) is 0 Å². The molecule has 1 N–H and O–H groups in total. The number of rotatable bonds is 5. The van der Waals surface area contributed by atoms with Crippen molar-refractivity contribution in [1.29, 1.82) is 0 Å². The van der Waals surface area contributed by atoms with Crippen molar-refractivity contribution in [2.24, 2.45) is 16.7 Å². The van der Waals surface area contributed by atoms with Gasteiger partial charge in [-0.05, 0) is 41.5 Å². The molecule has 1 saturated carbocycles. The highest BCUT2D eigenvalue weighted by Crippen LogP contribution is 2.72. The van der Waals surface area contributed by atoms with Crippen LogP contribution in [0.1, 0.15) is 46.2 Å². The molecule has 1 aliphatic carbocycles. The van der Waals surface area contributed by atoms with Crippen molar-refractivity contribution in [3.63, 3.8) is 0 Å². The lowest BCUT2D eigenvalue weighted by Crippen LogP contribution is -2.25. The maximum Gasteiger partial charge on any atom is 0.123 e. The largest absolute Gasteiger partial charge is 0.496 e. The molecule has 2 rings (SSSR count). The number of ether oxygens (including phenoxy) is 1. The van der Waals surface area contributed by atoms with E-state index < -0.39 is 0 Å². The fourth-order valence-corrected chi connectivity index (χ4v) is 4.04. The molecule has 0 aliphatic heterocycles. The summed E-state index contributed by atoms with van der Waals surface area (Å²) in [5, 5.41) is 3.67. The van der Waals surface area contributed by atoms with Crippen LogP contribution in [0.25, 0.3) is 0 Å². The van der Waals surface area contributed by atoms with E-state index in [1.54, 1.807) is 7.11 Å². The van der Waals surface area contributed by atoms with Crippen molar-refractivity contribution in [3.05, 3.63) is 28.2 Å². The van der Waals surface area contributed by atoms with E-state index in [0.29, 0.717) is 22.8 Å². The number of hydrogen-bond donors (Lipinski definition) is 1. The number of halogens is 1. The highest BCUT2D eigenvalue weighted by Gasteiger charge is 2.67. The zero-order valence-electron chi connectivity index (χ0n) is 13.4. The Morgan fingerprint density at radius 3 is 2.30 bits per heavy atom. The van der Waals surface area contributed by atoms with E-state index in [9.17, 15) is 0 Å². The summed E-state index contributed by atoms with van der Waals surface area (Å²) in [6, 6.07) is 6.61. The van der Waals surface area contributed by atoms with E-state index in [1.165, 1.54) is 5.56 Å². The smallest absolute Gasteiger partial charge is 0.123 e. The Morgan fingerprint density at radius 2 is 1.85 bits per heavy atom. The summed E-state index contributed by atoms with van der Waals surface area (Å²) in [6.45, 7) is 12.6. The minimum absolute atomic E-state index is 0.331. The van der Waals surface area contributed by atoms with E-state index in [4.69, 9.17) is 4.74 Å². The average molecular weight is 340 g/mol. The maximum atomic E-state index is 5.58. The molecule has 1 aliphatic rings. The molecule has 0 bridgehead atoms. The molecule has 0 amide bonds. The van der Waals surface area contributed by atoms with E-state index in [-0.39, 0.29) is 0 Å². The molecular weight excluding hydrogens is 314 g/mol. The molecule has 0 radical (unpaired) electrons. The van der Waals surface area contributed by atoms with Crippen molar-refractivity contribution in [2.45, 2.75) is 40.7 Å². The van der Waals surface area contributed by atoms with Crippen LogP contribution >= 0.6 is 15.9 Å². The number of benzene rings is 1. The Morgan fingerprint density at radius 1 is 1.25 bits per heavy atom. The Kier molecular flexibility index (Phi) is 4.23. The fraction of sp³-hybridized carbons (Fsp3) is 0.647. The van der Waals surface area contributed by atoms with Gasteiger partial charge in [-0.15, -0.1) is 0 Å². The second-order valence-electron chi connectivity index (χ2n) is 6.84. The Hall–Kier alpha value is -0.540. The van der Waals surface area contributed by atoms with E-state index in [2.05, 4.69) is 61.9 Å². The van der Waals surface area contributed by atoms with Crippen LogP contribution in [-0.2, 0) is 0 Å². The molecule has 0 saturated heterocycles. The predicted molar refractivity (Wildman–Crippen MR) is 88.2 cm³/mol. The zero-order chi connectivity index (χ0) is 15.1. The minimum atomic E-state index is 0.331. The third-order valence-electron chi connectivity index (χ3n) is 5.42. The summed E-state index contributed by atoms with van der Waals surface area (Å²) in [7, 11) is 1.75. The molecule has 0 aromatic heterocycles. The summed E-state index contributed by atoms with van der Waals surface area (Å²) in [5.74, 6) is 1.58. The van der Waals surface area contributed by atoms with Crippen molar-refractivity contribution >= 4 is 15.9 Å². The van der Waals surface area contributed by atoms with Crippen LogP contribution < -0.4 is 10.1 Å². The zero-order valence-corrected chi connectivity index (χ0v) is 15.0. The third-order valence-corrected chi connectivity index (χ3v) is 5.91. The van der Waals surface area contributed by atoms with Crippen LogP contribution in [0, 0.1) is 16.7 Å². The molecule has 0 heterocycles. The number of hydrogen-bond acceptors (Lipinski definition) is 2. The molecule has 2 nitrogen and oxygen atoms in total. The van der Waals surface area contributed by atoms with Gasteiger partial charge in [-0.3, -0.25) is 0 Å². The second kappa shape index (κ2) is 5.34. The van der Waals surface area contributed by atoms with E-state index in [0.717, 1.165) is 16.8 Å². The highest BCUT2D eigenvalue weighted by molar-refractivity contribution is 9.10. The van der Waals surface area contributed by atoms with Gasteiger partial charge in [-0.1, -0.05) is 50.5 Å². The lowest BCUT2D eigenvalue weighted by atomic mass is 9.95. The first-order valence-electron chi connectivity index (χ1n) is 7.34. The lowest BCUT2D eigenvalue weighted by Gasteiger charge is -2.23. The molecule has 1 atom stereocenters. The van der Waals surface area contributed by atoms with Gasteiger partial charge in [0.25, 0.3) is 0 Å². The molecule has 1 fully saturated rings. The second-order valence-corrected chi connectivity index (χ2v) is 7.76. The summed E-state index contributed by atoms with van der Waals surface area (Å²) in [6.07, 6.45) is 0. The summed E-state index contributed by atoms with van der Waals surface area (Å²) in [5.41, 5.74) is 1.94. The molecule has 3 heteroatoms. The molecule has 1 aromatic rings. The quantitative estimate of drug-likeness (QED) is 0.832. The topological polar surface area (TPSA) is 21.3 Å². The third kappa shape index (κ3) is 2.39. The normalized spacial score (nSPS) is 21.6. The minimum Gasteiger partial charge on any atom is -0.496 e. The molecular formula is C17H26BrNO. The van der Waals surface area contributed by atoms with E-state index in [1.807, 2.05) is 12.1 Å². The first-order chi connectivity index (χ1) is 9.27. The maximum absolute atomic E-state index is 5.58. The van der Waals surface area contributed by atoms with Crippen LogP contribution in [0.5, 0.6) is 5.75 Å². The summed E-state index contributed by atoms with van der Waals surface area (Å²) < 4.78 is 6.69. The van der Waals surface area contributed by atoms with E-state index >= 15 is 0 Å². The van der Waals surface area contributed by atoms with Gasteiger partial charge < -0.3 is 10.1 Å². The lowest BCUT2D eigenvalue weighted by molar-refractivity contribution is 0.373. The summed E-state index contributed by atoms with van der Waals surface area (Å²) >= 11 is 3.59. The Balaban J connectivity index is 2.43. The summed E-state index contributed by atoms with van der Waals surface area (Å²) in [4.78, 5) is 0. The van der Waals surface area contributed by atoms with Gasteiger partial charge in [0, 0.05) is 16.1 Å². The van der Waals surface area contributed by atoms with Gasteiger partial charge in [0.1, 0.15) is 5.75 Å². The molecule has 0 spiro atoms. The van der Waals surface area contributed by atoms with Crippen molar-refractivity contribution in [3.8, 4) is 5.75 Å². The van der Waals surface area contributed by atoms with Crippen LogP contribution in [0.15, 0.2) is 22.7 Å².